The molecule has 9 heteroatoms. The molecule has 1 aliphatic rings. The third-order valence-corrected chi connectivity index (χ3v) is 5.07. The third-order valence-electron chi connectivity index (χ3n) is 5.07. The van der Waals surface area contributed by atoms with E-state index < -0.39 is 5.92 Å². The Balaban J connectivity index is 1.72. The number of carbonyl (C=O) groups excluding carboxylic acids is 1. The summed E-state index contributed by atoms with van der Waals surface area (Å²) < 4.78 is 7.11. The van der Waals surface area contributed by atoms with E-state index in [4.69, 9.17) is 4.42 Å². The molecule has 29 heavy (non-hydrogen) atoms. The zero-order valence-electron chi connectivity index (χ0n) is 15.3. The molecular weight excluding hydrogens is 374 g/mol. The second kappa shape index (κ2) is 6.26. The van der Waals surface area contributed by atoms with Crippen LogP contribution < -0.4 is 16.3 Å². The largest absolute Gasteiger partial charge is 0.464 e. The number of benzene rings is 1. The second-order valence-corrected chi connectivity index (χ2v) is 6.86. The van der Waals surface area contributed by atoms with Crippen molar-refractivity contribution in [2.24, 2.45) is 0 Å². The van der Waals surface area contributed by atoms with Crippen molar-refractivity contribution in [1.29, 1.82) is 0 Å². The minimum absolute atomic E-state index is 0.0989. The number of fused-ring (bicyclic) bond motifs is 2. The average Bonchev–Trinajstić information content (AvgIpc) is 3.05. The van der Waals surface area contributed by atoms with Crippen molar-refractivity contribution in [3.63, 3.8) is 0 Å². The first kappa shape index (κ1) is 17.1. The van der Waals surface area contributed by atoms with Gasteiger partial charge in [-0.25, -0.2) is 5.10 Å². The van der Waals surface area contributed by atoms with Gasteiger partial charge in [0.25, 0.3) is 5.56 Å². The van der Waals surface area contributed by atoms with Gasteiger partial charge in [-0.2, -0.15) is 14.9 Å². The fraction of sp³-hybridized carbons (Fsp3) is 0.150. The highest BCUT2D eigenvalue weighted by molar-refractivity contribution is 5.95. The molecule has 2 N–H and O–H groups in total. The van der Waals surface area contributed by atoms with E-state index in [1.807, 2.05) is 0 Å². The molecule has 0 radical (unpaired) electrons. The highest BCUT2D eigenvalue weighted by Gasteiger charge is 2.34. The van der Waals surface area contributed by atoms with E-state index in [1.165, 1.54) is 23.1 Å². The molecular formula is C20H15N5O4. The fourth-order valence-electron chi connectivity index (χ4n) is 3.77. The number of para-hydroxylation sites is 1. The summed E-state index contributed by atoms with van der Waals surface area (Å²) in [6.07, 6.45) is 1.52. The minimum Gasteiger partial charge on any atom is -0.464 e. The number of nitrogens with one attached hydrogen (secondary N) is 2. The number of hydrogen-bond acceptors (Lipinski definition) is 6. The van der Waals surface area contributed by atoms with Crippen molar-refractivity contribution in [2.75, 3.05) is 5.32 Å². The number of aromatic nitrogens is 4. The number of aromatic amines is 1. The van der Waals surface area contributed by atoms with Gasteiger partial charge >= 0.3 is 0 Å². The van der Waals surface area contributed by atoms with E-state index in [-0.39, 0.29) is 23.3 Å². The maximum absolute atomic E-state index is 13.1. The standard InChI is InChI=1S/C20H15N5O4/c1-10-18-12(13-9-29-14-5-3-2-4-11(14)19(13)28)8-17(27)21-20(18)25(24-10)15-6-7-16(26)23-22-15/h2-7,9,12H,8H2,1H3,(H,21,27)(H,23,26)/t12-/m1/s1. The summed E-state index contributed by atoms with van der Waals surface area (Å²) in [6, 6.07) is 9.83. The molecule has 4 heterocycles. The first-order valence-electron chi connectivity index (χ1n) is 8.99. The fourth-order valence-corrected chi connectivity index (χ4v) is 3.77. The van der Waals surface area contributed by atoms with Gasteiger partial charge in [0.2, 0.25) is 5.91 Å². The normalized spacial score (nSPS) is 15.9. The summed E-state index contributed by atoms with van der Waals surface area (Å²) in [7, 11) is 0. The first-order chi connectivity index (χ1) is 14.0. The van der Waals surface area contributed by atoms with Crippen molar-refractivity contribution < 1.29 is 9.21 Å². The Morgan fingerprint density at radius 1 is 1.14 bits per heavy atom. The maximum atomic E-state index is 13.1. The zero-order valence-corrected chi connectivity index (χ0v) is 15.3. The molecule has 0 fully saturated rings. The molecule has 144 valence electrons. The van der Waals surface area contributed by atoms with E-state index in [2.05, 4.69) is 20.6 Å². The Kier molecular flexibility index (Phi) is 3.70. The lowest BCUT2D eigenvalue weighted by Gasteiger charge is -2.23. The third kappa shape index (κ3) is 2.66. The summed E-state index contributed by atoms with van der Waals surface area (Å²) in [5.74, 6) is 0.0213. The van der Waals surface area contributed by atoms with Crippen LogP contribution in [-0.4, -0.2) is 25.9 Å². The molecule has 0 saturated heterocycles. The van der Waals surface area contributed by atoms with Crippen LogP contribution in [0, 0.1) is 6.92 Å². The van der Waals surface area contributed by atoms with Crippen LogP contribution in [-0.2, 0) is 4.79 Å². The van der Waals surface area contributed by atoms with Gasteiger partial charge in [0.05, 0.1) is 17.3 Å². The van der Waals surface area contributed by atoms with Crippen LogP contribution in [0.15, 0.2) is 56.7 Å². The Morgan fingerprint density at radius 2 is 1.97 bits per heavy atom. The molecule has 9 nitrogen and oxygen atoms in total. The molecule has 0 spiro atoms. The van der Waals surface area contributed by atoms with Gasteiger partial charge in [-0.1, -0.05) is 12.1 Å². The number of aryl methyl sites for hydroxylation is 1. The molecule has 4 aromatic rings. The Labute approximate surface area is 163 Å². The van der Waals surface area contributed by atoms with Crippen LogP contribution in [0.4, 0.5) is 5.82 Å². The van der Waals surface area contributed by atoms with Crippen LogP contribution in [0.2, 0.25) is 0 Å². The van der Waals surface area contributed by atoms with E-state index >= 15 is 0 Å². The van der Waals surface area contributed by atoms with Crippen molar-refractivity contribution in [3.05, 3.63) is 80.1 Å². The smallest absolute Gasteiger partial charge is 0.264 e. The molecule has 3 aromatic heterocycles. The number of amides is 1. The average molecular weight is 389 g/mol. The molecule has 1 atom stereocenters. The van der Waals surface area contributed by atoms with Gasteiger partial charge in [0.15, 0.2) is 11.2 Å². The van der Waals surface area contributed by atoms with Crippen LogP contribution in [0.25, 0.3) is 16.8 Å². The van der Waals surface area contributed by atoms with Crippen LogP contribution in [0.1, 0.15) is 29.2 Å². The predicted molar refractivity (Wildman–Crippen MR) is 104 cm³/mol. The van der Waals surface area contributed by atoms with Crippen molar-refractivity contribution >= 4 is 22.7 Å². The minimum atomic E-state index is -0.504. The topological polar surface area (TPSA) is 123 Å². The quantitative estimate of drug-likeness (QED) is 0.539. The molecule has 5 rings (SSSR count). The highest BCUT2D eigenvalue weighted by Crippen LogP contribution is 2.39. The molecule has 1 aliphatic heterocycles. The van der Waals surface area contributed by atoms with Crippen molar-refractivity contribution in [1.82, 2.24) is 20.0 Å². The number of nitrogens with zero attached hydrogens (tertiary/aromatic N) is 3. The van der Waals surface area contributed by atoms with Crippen LogP contribution in [0.3, 0.4) is 0 Å². The monoisotopic (exact) mass is 389 g/mol. The lowest BCUT2D eigenvalue weighted by atomic mass is 9.86. The summed E-state index contributed by atoms with van der Waals surface area (Å²) in [4.78, 5) is 36.9. The maximum Gasteiger partial charge on any atom is 0.264 e. The summed E-state index contributed by atoms with van der Waals surface area (Å²) in [6.45, 7) is 1.80. The Morgan fingerprint density at radius 3 is 2.76 bits per heavy atom. The second-order valence-electron chi connectivity index (χ2n) is 6.86. The first-order valence-corrected chi connectivity index (χ1v) is 8.99. The van der Waals surface area contributed by atoms with Gasteiger partial charge in [-0.15, -0.1) is 0 Å². The van der Waals surface area contributed by atoms with E-state index in [0.29, 0.717) is 33.9 Å². The zero-order chi connectivity index (χ0) is 20.1. The summed E-state index contributed by atoms with van der Waals surface area (Å²) in [5, 5.41) is 14.1. The van der Waals surface area contributed by atoms with Gasteiger partial charge in [-0.3, -0.25) is 14.4 Å². The van der Waals surface area contributed by atoms with Gasteiger partial charge in [-0.05, 0) is 25.1 Å². The van der Waals surface area contributed by atoms with E-state index in [0.717, 1.165) is 5.56 Å². The van der Waals surface area contributed by atoms with Gasteiger partial charge in [0, 0.05) is 29.5 Å². The number of anilines is 1. The molecule has 1 aromatic carbocycles. The lowest BCUT2D eigenvalue weighted by Crippen LogP contribution is -2.27. The number of rotatable bonds is 2. The highest BCUT2D eigenvalue weighted by atomic mass is 16.3. The summed E-state index contributed by atoms with van der Waals surface area (Å²) >= 11 is 0. The molecule has 0 bridgehead atoms. The van der Waals surface area contributed by atoms with Gasteiger partial charge in [0.1, 0.15) is 11.4 Å². The Bertz CT molecular complexity index is 1380. The van der Waals surface area contributed by atoms with Crippen molar-refractivity contribution in [2.45, 2.75) is 19.3 Å². The predicted octanol–water partition coefficient (Wildman–Crippen LogP) is 1.84. The van der Waals surface area contributed by atoms with E-state index in [9.17, 15) is 14.4 Å². The summed E-state index contributed by atoms with van der Waals surface area (Å²) in [5.41, 5.74) is 1.74. The van der Waals surface area contributed by atoms with Crippen LogP contribution >= 0.6 is 0 Å². The molecule has 0 unspecified atom stereocenters. The van der Waals surface area contributed by atoms with Gasteiger partial charge < -0.3 is 9.73 Å². The lowest BCUT2D eigenvalue weighted by molar-refractivity contribution is -0.116. The molecule has 0 saturated carbocycles. The Hall–Kier alpha value is -4.01. The SMILES string of the molecule is Cc1nn(-c2ccc(=O)[nH]n2)c2c1[C@@H](c1coc3ccccc3c1=O)CC(=O)N2. The molecule has 1 amide bonds. The van der Waals surface area contributed by atoms with Crippen molar-refractivity contribution in [3.8, 4) is 5.82 Å². The number of H-pyrrole nitrogens is 1. The van der Waals surface area contributed by atoms with E-state index in [1.54, 1.807) is 31.2 Å². The number of hydrogen-bond donors (Lipinski definition) is 2. The van der Waals surface area contributed by atoms with Crippen LogP contribution in [0.5, 0.6) is 0 Å². The number of carbonyl (C=O) groups is 1. The molecule has 0 aliphatic carbocycles.